The lowest BCUT2D eigenvalue weighted by atomic mass is 9.68. The summed E-state index contributed by atoms with van der Waals surface area (Å²) in [6.45, 7) is 59.4. The van der Waals surface area contributed by atoms with Crippen molar-refractivity contribution in [2.24, 2.45) is 121 Å². The predicted octanol–water partition coefficient (Wildman–Crippen LogP) is 19.3. The molecular formula is C81H162O9. The molecule has 9 aliphatic rings. The predicted molar refractivity (Wildman–Crippen MR) is 385 cm³/mol. The van der Waals surface area contributed by atoms with Crippen LogP contribution in [0, 0.1) is 121 Å². The van der Waals surface area contributed by atoms with E-state index in [0.29, 0.717) is 70.0 Å². The van der Waals surface area contributed by atoms with Gasteiger partial charge in [-0.15, -0.1) is 0 Å². The standard InChI is InChI=1S/9C9H18O/c1-6-4-8(3)9(10)5-7(6)2;1-6-4-7(2)8(3)9(10)5-6;1-7-4-5-8(10)6-9(7,2)3;1-7-4-5-9(2,3)8(10)6-7;1-7-4-5-8(10)9(2,3)6-7;1-7-8(10)5-4-6-9(7,2)3;1-7-5-4-6-9(2,3)8(7)10;1-7-5-4-6-8(10)9(7,2)3;1-6-4-5-7(2)9(10)8(6)3/h2*6-10H,4-5H2,1-3H3;6*7-8,10H,4-6H2,1-3H3;6-10H,4-5H2,1-3H3. The molecule has 0 amide bonds. The van der Waals surface area contributed by atoms with Crippen molar-refractivity contribution in [1.82, 2.24) is 0 Å². The van der Waals surface area contributed by atoms with Gasteiger partial charge in [0.1, 0.15) is 0 Å². The summed E-state index contributed by atoms with van der Waals surface area (Å²) in [4.78, 5) is 0. The maximum Gasteiger partial charge on any atom is 0.0616 e. The number of hydrogen-bond donors (Lipinski definition) is 9. The van der Waals surface area contributed by atoms with Crippen LogP contribution in [0.3, 0.4) is 0 Å². The van der Waals surface area contributed by atoms with Gasteiger partial charge in [0.05, 0.1) is 54.9 Å². The molecule has 0 aromatic rings. The first kappa shape index (κ1) is 87.7. The summed E-state index contributed by atoms with van der Waals surface area (Å²) in [7, 11) is 0. The lowest BCUT2D eigenvalue weighted by molar-refractivity contribution is -0.0254. The molecule has 90 heavy (non-hydrogen) atoms. The van der Waals surface area contributed by atoms with E-state index in [1.165, 1.54) is 103 Å². The van der Waals surface area contributed by atoms with Gasteiger partial charge in [0.2, 0.25) is 0 Å². The molecule has 24 unspecified atom stereocenters. The van der Waals surface area contributed by atoms with Gasteiger partial charge in [0.25, 0.3) is 0 Å². The minimum Gasteiger partial charge on any atom is -0.393 e. The molecule has 540 valence electrons. The lowest BCUT2D eigenvalue weighted by Crippen LogP contribution is -2.38. The number of aliphatic hydroxyl groups is 9. The van der Waals surface area contributed by atoms with Crippen molar-refractivity contribution in [2.45, 2.75) is 396 Å². The second-order valence-corrected chi connectivity index (χ2v) is 37.6. The van der Waals surface area contributed by atoms with E-state index in [-0.39, 0.29) is 76.6 Å². The zero-order chi connectivity index (χ0) is 69.8. The smallest absolute Gasteiger partial charge is 0.0616 e. The first-order valence-corrected chi connectivity index (χ1v) is 38.2. The van der Waals surface area contributed by atoms with Crippen LogP contribution in [0.2, 0.25) is 0 Å². The topological polar surface area (TPSA) is 182 Å². The molecule has 9 N–H and O–H groups in total. The molecule has 0 bridgehead atoms. The lowest BCUT2D eigenvalue weighted by Gasteiger charge is -2.40. The Kier molecular flexibility index (Phi) is 38.3. The van der Waals surface area contributed by atoms with E-state index in [9.17, 15) is 46.0 Å². The van der Waals surface area contributed by atoms with Crippen molar-refractivity contribution in [1.29, 1.82) is 0 Å². The summed E-state index contributed by atoms with van der Waals surface area (Å²) in [5.41, 5.74) is 1.37. The average molecular weight is 1280 g/mol. The quantitative estimate of drug-likeness (QED) is 0.114. The van der Waals surface area contributed by atoms with Crippen LogP contribution in [0.25, 0.3) is 0 Å². The monoisotopic (exact) mass is 1280 g/mol. The molecule has 9 nitrogen and oxygen atoms in total. The summed E-state index contributed by atoms with van der Waals surface area (Å²) in [6, 6.07) is 0. The Bertz CT molecular complexity index is 1750. The molecule has 24 atom stereocenters. The van der Waals surface area contributed by atoms with E-state index in [1.807, 2.05) is 0 Å². The number of hydrogen-bond acceptors (Lipinski definition) is 9. The number of rotatable bonds is 0. The van der Waals surface area contributed by atoms with E-state index in [2.05, 4.69) is 187 Å². The molecule has 0 heterocycles. The van der Waals surface area contributed by atoms with Gasteiger partial charge in [-0.3, -0.25) is 0 Å². The third-order valence-electron chi connectivity index (χ3n) is 26.7. The van der Waals surface area contributed by atoms with Gasteiger partial charge in [-0.1, -0.05) is 225 Å². The van der Waals surface area contributed by atoms with E-state index in [1.54, 1.807) is 0 Å². The Balaban J connectivity index is 0.000000506. The Labute approximate surface area is 560 Å². The van der Waals surface area contributed by atoms with Crippen LogP contribution in [0.5, 0.6) is 0 Å². The van der Waals surface area contributed by atoms with Crippen LogP contribution in [-0.2, 0) is 0 Å². The highest BCUT2D eigenvalue weighted by Gasteiger charge is 2.40. The van der Waals surface area contributed by atoms with E-state index < -0.39 is 0 Å². The van der Waals surface area contributed by atoms with Crippen molar-refractivity contribution >= 4 is 0 Å². The fourth-order valence-electron chi connectivity index (χ4n) is 16.3. The van der Waals surface area contributed by atoms with Crippen LogP contribution < -0.4 is 0 Å². The SMILES string of the molecule is CC1C(O)CCCC1(C)C.CC1CC(C)C(C)C(O)C1.CC1CC(C)C(O)CC1C.CC1CCC(C)(C)C(O)C1.CC1CCC(C)C(O)C1C.CC1CCC(O)C(C)(C)C1.CC1CCC(O)CC1(C)C.CC1CCCC(C)(C)C1O.CC1CCCC(O)C1(C)C. The molecule has 0 radical (unpaired) electrons. The maximum atomic E-state index is 9.71. The van der Waals surface area contributed by atoms with Crippen molar-refractivity contribution in [2.75, 3.05) is 0 Å². The molecule has 0 aromatic carbocycles. The van der Waals surface area contributed by atoms with E-state index >= 15 is 0 Å². The fourth-order valence-corrected chi connectivity index (χ4v) is 16.3. The molecule has 9 aliphatic carbocycles. The summed E-state index contributed by atoms with van der Waals surface area (Å²) in [6.07, 6.45) is 27.1. The van der Waals surface area contributed by atoms with Gasteiger partial charge in [-0.05, 0) is 237 Å². The highest BCUT2D eigenvalue weighted by Crippen LogP contribution is 2.44. The summed E-state index contributed by atoms with van der Waals surface area (Å²) in [5, 5.41) is 86.0. The zero-order valence-corrected chi connectivity index (χ0v) is 64.9. The van der Waals surface area contributed by atoms with E-state index in [0.717, 1.165) is 81.0 Å². The van der Waals surface area contributed by atoms with Crippen LogP contribution in [0.4, 0.5) is 0 Å². The van der Waals surface area contributed by atoms with Gasteiger partial charge in [-0.2, -0.15) is 0 Å². The second kappa shape index (κ2) is 39.3. The Morgan fingerprint density at radius 3 is 1.27 bits per heavy atom. The van der Waals surface area contributed by atoms with Gasteiger partial charge < -0.3 is 46.0 Å². The Morgan fingerprint density at radius 1 is 0.278 bits per heavy atom. The molecule has 0 aliphatic heterocycles. The van der Waals surface area contributed by atoms with Crippen molar-refractivity contribution in [3.63, 3.8) is 0 Å². The molecular weight excluding hydrogens is 1120 g/mol. The van der Waals surface area contributed by atoms with Gasteiger partial charge >= 0.3 is 0 Å². The highest BCUT2D eigenvalue weighted by atomic mass is 16.3. The van der Waals surface area contributed by atoms with Crippen LogP contribution in [-0.4, -0.2) is 101 Å². The maximum absolute atomic E-state index is 9.71. The van der Waals surface area contributed by atoms with Gasteiger partial charge in [0, 0.05) is 0 Å². The Hall–Kier alpha value is -0.360. The summed E-state index contributed by atoms with van der Waals surface area (Å²) in [5.74, 6) is 9.67. The normalized spacial score (nSPS) is 42.8. The van der Waals surface area contributed by atoms with Crippen molar-refractivity contribution < 1.29 is 46.0 Å². The Morgan fingerprint density at radius 2 is 0.833 bits per heavy atom. The molecule has 0 spiro atoms. The second-order valence-electron chi connectivity index (χ2n) is 37.6. The molecule has 9 heteroatoms. The molecule has 9 fully saturated rings. The van der Waals surface area contributed by atoms with E-state index in [4.69, 9.17) is 0 Å². The average Bonchev–Trinajstić information content (AvgIpc) is 1.12. The minimum absolute atomic E-state index is 0.0359. The first-order chi connectivity index (χ1) is 41.0. The summed E-state index contributed by atoms with van der Waals surface area (Å²) < 4.78 is 0. The molecule has 0 saturated heterocycles. The van der Waals surface area contributed by atoms with Crippen LogP contribution in [0.15, 0.2) is 0 Å². The third kappa shape index (κ3) is 29.8. The highest BCUT2D eigenvalue weighted by molar-refractivity contribution is 4.90. The molecule has 9 saturated carbocycles. The summed E-state index contributed by atoms with van der Waals surface area (Å²) >= 11 is 0. The largest absolute Gasteiger partial charge is 0.393 e. The zero-order valence-electron chi connectivity index (χ0n) is 64.9. The fraction of sp³-hybridized carbons (Fsp3) is 1.00. The van der Waals surface area contributed by atoms with Gasteiger partial charge in [0.15, 0.2) is 0 Å². The van der Waals surface area contributed by atoms with Crippen molar-refractivity contribution in [3.8, 4) is 0 Å². The van der Waals surface area contributed by atoms with Crippen LogP contribution in [0.1, 0.15) is 341 Å². The third-order valence-corrected chi connectivity index (χ3v) is 26.7. The van der Waals surface area contributed by atoms with Crippen LogP contribution >= 0.6 is 0 Å². The first-order valence-electron chi connectivity index (χ1n) is 38.2. The molecule has 0 aromatic heterocycles. The van der Waals surface area contributed by atoms with Crippen molar-refractivity contribution in [3.05, 3.63) is 0 Å². The molecule has 9 rings (SSSR count). The number of aliphatic hydroxyl groups excluding tert-OH is 9. The minimum atomic E-state index is -0.0822. The van der Waals surface area contributed by atoms with Gasteiger partial charge in [-0.25, -0.2) is 0 Å².